The van der Waals surface area contributed by atoms with Crippen molar-refractivity contribution in [1.82, 2.24) is 4.90 Å². The van der Waals surface area contributed by atoms with Crippen LogP contribution in [0.5, 0.6) is 17.2 Å². The number of nitrogens with zero attached hydrogens (tertiary/aromatic N) is 1. The van der Waals surface area contributed by atoms with Crippen molar-refractivity contribution < 1.29 is 28.5 Å². The lowest BCUT2D eigenvalue weighted by Gasteiger charge is -2.38. The van der Waals surface area contributed by atoms with Gasteiger partial charge in [-0.15, -0.1) is 0 Å². The number of amides is 1. The van der Waals surface area contributed by atoms with Crippen LogP contribution in [0.3, 0.4) is 0 Å². The highest BCUT2D eigenvalue weighted by Crippen LogP contribution is 2.39. The summed E-state index contributed by atoms with van der Waals surface area (Å²) in [5.74, 6) is 0.521. The van der Waals surface area contributed by atoms with E-state index in [4.69, 9.17) is 18.9 Å². The molecule has 1 aromatic rings. The second-order valence-electron chi connectivity index (χ2n) is 7.11. The van der Waals surface area contributed by atoms with Gasteiger partial charge in [-0.1, -0.05) is 0 Å². The summed E-state index contributed by atoms with van der Waals surface area (Å²) in [6.45, 7) is 10.6. The van der Waals surface area contributed by atoms with Crippen LogP contribution in [0.15, 0.2) is 12.1 Å². The van der Waals surface area contributed by atoms with E-state index in [2.05, 4.69) is 0 Å². The van der Waals surface area contributed by atoms with Crippen LogP contribution in [0, 0.1) is 0 Å². The van der Waals surface area contributed by atoms with Crippen LogP contribution in [0.2, 0.25) is 0 Å². The SMILES string of the molecule is CCOc1cc(C(=O)OCC(=O)N2[C@H](C)CCC[C@H]2C)cc(OCC)c1OCC. The van der Waals surface area contributed by atoms with Crippen LogP contribution in [-0.4, -0.2) is 55.3 Å². The van der Waals surface area contributed by atoms with Crippen LogP contribution in [0.1, 0.15) is 64.2 Å². The van der Waals surface area contributed by atoms with E-state index in [1.54, 1.807) is 12.1 Å². The highest BCUT2D eigenvalue weighted by Gasteiger charge is 2.29. The maximum atomic E-state index is 12.6. The van der Waals surface area contributed by atoms with Gasteiger partial charge in [-0.05, 0) is 66.0 Å². The third-order valence-electron chi connectivity index (χ3n) is 4.95. The molecule has 1 amide bonds. The van der Waals surface area contributed by atoms with Crippen molar-refractivity contribution in [3.63, 3.8) is 0 Å². The number of likely N-dealkylation sites (tertiary alicyclic amines) is 1. The molecule has 1 aliphatic heterocycles. The zero-order chi connectivity index (χ0) is 21.4. The number of rotatable bonds is 9. The molecule has 2 rings (SSSR count). The Labute approximate surface area is 173 Å². The third-order valence-corrected chi connectivity index (χ3v) is 4.95. The normalized spacial score (nSPS) is 18.9. The van der Waals surface area contributed by atoms with Gasteiger partial charge in [0.05, 0.1) is 25.4 Å². The molecule has 7 heteroatoms. The summed E-state index contributed by atoms with van der Waals surface area (Å²) in [4.78, 5) is 27.1. The molecule has 1 saturated heterocycles. The van der Waals surface area contributed by atoms with Crippen molar-refractivity contribution in [3.05, 3.63) is 17.7 Å². The van der Waals surface area contributed by atoms with Crippen molar-refractivity contribution in [3.8, 4) is 17.2 Å². The van der Waals surface area contributed by atoms with Gasteiger partial charge in [-0.3, -0.25) is 4.79 Å². The number of benzene rings is 1. The molecule has 1 aromatic carbocycles. The fourth-order valence-electron chi connectivity index (χ4n) is 3.70. The zero-order valence-electron chi connectivity index (χ0n) is 18.2. The predicted molar refractivity (Wildman–Crippen MR) is 110 cm³/mol. The topological polar surface area (TPSA) is 74.3 Å². The summed E-state index contributed by atoms with van der Waals surface area (Å²) < 4.78 is 22.2. The van der Waals surface area contributed by atoms with Gasteiger partial charge in [0.2, 0.25) is 5.75 Å². The molecular formula is C22H33NO6. The predicted octanol–water partition coefficient (Wildman–Crippen LogP) is 3.83. The van der Waals surface area contributed by atoms with E-state index >= 15 is 0 Å². The Bertz CT molecular complexity index is 668. The van der Waals surface area contributed by atoms with Gasteiger partial charge >= 0.3 is 5.97 Å². The van der Waals surface area contributed by atoms with E-state index in [9.17, 15) is 9.59 Å². The van der Waals surface area contributed by atoms with Crippen LogP contribution in [0.4, 0.5) is 0 Å². The fraction of sp³-hybridized carbons (Fsp3) is 0.636. The number of ether oxygens (including phenoxy) is 4. The molecule has 0 unspecified atom stereocenters. The van der Waals surface area contributed by atoms with Gasteiger partial charge in [-0.25, -0.2) is 4.79 Å². The molecule has 1 aliphatic rings. The van der Waals surface area contributed by atoms with Crippen molar-refractivity contribution in [1.29, 1.82) is 0 Å². The third kappa shape index (κ3) is 5.78. The highest BCUT2D eigenvalue weighted by atomic mass is 16.5. The lowest BCUT2D eigenvalue weighted by Crippen LogP contribution is -2.49. The second-order valence-corrected chi connectivity index (χ2v) is 7.11. The summed E-state index contributed by atoms with van der Waals surface area (Å²) in [5, 5.41) is 0. The Morgan fingerprint density at radius 1 is 0.931 bits per heavy atom. The average molecular weight is 408 g/mol. The molecule has 1 fully saturated rings. The van der Waals surface area contributed by atoms with E-state index in [1.165, 1.54) is 0 Å². The number of esters is 1. The summed E-state index contributed by atoms with van der Waals surface area (Å²) in [7, 11) is 0. The lowest BCUT2D eigenvalue weighted by atomic mass is 9.97. The van der Waals surface area contributed by atoms with Gasteiger partial charge in [0, 0.05) is 12.1 Å². The number of hydrogen-bond donors (Lipinski definition) is 0. The highest BCUT2D eigenvalue weighted by molar-refractivity contribution is 5.93. The molecule has 0 N–H and O–H groups in total. The molecule has 1 heterocycles. The molecule has 0 aromatic heterocycles. The number of hydrogen-bond acceptors (Lipinski definition) is 6. The smallest absolute Gasteiger partial charge is 0.338 e. The van der Waals surface area contributed by atoms with Gasteiger partial charge < -0.3 is 23.8 Å². The van der Waals surface area contributed by atoms with E-state index in [0.717, 1.165) is 19.3 Å². The molecule has 0 aliphatic carbocycles. The number of carbonyl (C=O) groups is 2. The second kappa shape index (κ2) is 10.9. The minimum Gasteiger partial charge on any atom is -0.490 e. The van der Waals surface area contributed by atoms with Crippen LogP contribution in [0.25, 0.3) is 0 Å². The first-order valence-electron chi connectivity index (χ1n) is 10.5. The van der Waals surface area contributed by atoms with Crippen LogP contribution >= 0.6 is 0 Å². The fourth-order valence-corrected chi connectivity index (χ4v) is 3.70. The Kier molecular flexibility index (Phi) is 8.61. The van der Waals surface area contributed by atoms with Crippen molar-refractivity contribution in [2.45, 2.75) is 66.0 Å². The van der Waals surface area contributed by atoms with Gasteiger partial charge in [-0.2, -0.15) is 0 Å². The first-order valence-corrected chi connectivity index (χ1v) is 10.5. The van der Waals surface area contributed by atoms with Crippen molar-refractivity contribution in [2.24, 2.45) is 0 Å². The maximum absolute atomic E-state index is 12.6. The molecular weight excluding hydrogens is 374 g/mol. The Balaban J connectivity index is 2.15. The Hall–Kier alpha value is -2.44. The molecule has 2 atom stereocenters. The van der Waals surface area contributed by atoms with E-state index < -0.39 is 5.97 Å². The Morgan fingerprint density at radius 3 is 1.93 bits per heavy atom. The molecule has 0 saturated carbocycles. The van der Waals surface area contributed by atoms with E-state index in [0.29, 0.717) is 37.1 Å². The summed E-state index contributed by atoms with van der Waals surface area (Å²) in [5.41, 5.74) is 0.257. The molecule has 0 spiro atoms. The number of piperidine rings is 1. The van der Waals surface area contributed by atoms with E-state index in [1.807, 2.05) is 39.5 Å². The minimum absolute atomic E-state index is 0.157. The first kappa shape index (κ1) is 22.8. The quantitative estimate of drug-likeness (QED) is 0.579. The molecule has 0 radical (unpaired) electrons. The standard InChI is InChI=1S/C22H33NO6/c1-6-26-18-12-17(13-19(27-7-2)21(18)28-8-3)22(25)29-14-20(24)23-15(4)10-9-11-16(23)5/h12-13,15-16H,6-11,14H2,1-5H3/t15-,16-/m1/s1. The van der Waals surface area contributed by atoms with Gasteiger partial charge in [0.1, 0.15) is 0 Å². The van der Waals surface area contributed by atoms with Crippen molar-refractivity contribution >= 4 is 11.9 Å². The van der Waals surface area contributed by atoms with Crippen LogP contribution < -0.4 is 14.2 Å². The first-order chi connectivity index (χ1) is 13.9. The van der Waals surface area contributed by atoms with E-state index in [-0.39, 0.29) is 30.2 Å². The maximum Gasteiger partial charge on any atom is 0.338 e. The monoisotopic (exact) mass is 407 g/mol. The molecule has 162 valence electrons. The minimum atomic E-state index is -0.597. The zero-order valence-corrected chi connectivity index (χ0v) is 18.2. The summed E-state index contributed by atoms with van der Waals surface area (Å²) >= 11 is 0. The Morgan fingerprint density at radius 2 is 1.45 bits per heavy atom. The average Bonchev–Trinajstić information content (AvgIpc) is 2.68. The van der Waals surface area contributed by atoms with Crippen molar-refractivity contribution in [2.75, 3.05) is 26.4 Å². The summed E-state index contributed by atoms with van der Waals surface area (Å²) in [6, 6.07) is 3.44. The van der Waals surface area contributed by atoms with Gasteiger partial charge in [0.15, 0.2) is 18.1 Å². The van der Waals surface area contributed by atoms with Crippen LogP contribution in [-0.2, 0) is 9.53 Å². The lowest BCUT2D eigenvalue weighted by molar-refractivity contribution is -0.140. The summed E-state index contributed by atoms with van der Waals surface area (Å²) in [6.07, 6.45) is 3.05. The number of carbonyl (C=O) groups excluding carboxylic acids is 2. The largest absolute Gasteiger partial charge is 0.490 e. The van der Waals surface area contributed by atoms with Gasteiger partial charge in [0.25, 0.3) is 5.91 Å². The molecule has 29 heavy (non-hydrogen) atoms. The molecule has 0 bridgehead atoms. The molecule has 7 nitrogen and oxygen atoms in total.